The Morgan fingerprint density at radius 1 is 1.27 bits per heavy atom. The van der Waals surface area contributed by atoms with Crippen molar-refractivity contribution in [1.29, 1.82) is 0 Å². The number of phosphoric acid groups is 2. The highest BCUT2D eigenvalue weighted by molar-refractivity contribution is 7.46. The summed E-state index contributed by atoms with van der Waals surface area (Å²) >= 11 is 0. The number of H-pyrrole nitrogens is 1. The zero-order valence-corrected chi connectivity index (χ0v) is 15.0. The van der Waals surface area contributed by atoms with Gasteiger partial charge in [-0.1, -0.05) is 0 Å². The lowest BCUT2D eigenvalue weighted by Crippen LogP contribution is -2.33. The Bertz CT molecular complexity index is 814. The second-order valence-corrected chi connectivity index (χ2v) is 7.48. The van der Waals surface area contributed by atoms with Crippen molar-refractivity contribution in [2.75, 3.05) is 6.61 Å². The van der Waals surface area contributed by atoms with Crippen molar-refractivity contribution in [2.24, 2.45) is 0 Å². The van der Waals surface area contributed by atoms with E-state index in [2.05, 4.69) is 9.51 Å². The molecule has 1 fully saturated rings. The number of aliphatic hydroxyl groups excluding tert-OH is 1. The summed E-state index contributed by atoms with van der Waals surface area (Å²) in [5.41, 5.74) is -0.918. The monoisotopic (exact) mass is 420 g/mol. The lowest BCUT2D eigenvalue weighted by Gasteiger charge is -2.16. The quantitative estimate of drug-likeness (QED) is 0.254. The number of aliphatic hydroxyl groups is 1. The minimum absolute atomic E-state index is 0.0283. The predicted molar refractivity (Wildman–Crippen MR) is 82.9 cm³/mol. The molecule has 150 valence electrons. The minimum atomic E-state index is -4.67. The molecule has 0 bridgehead atoms. The van der Waals surface area contributed by atoms with Crippen LogP contribution in [0.5, 0.6) is 0 Å². The standard InChI is InChI=1S/C10H15N2O8P.H3O4P/c1-5-3-12(10(15)11-9(5)14)8-2-6(13)7(20-8)4-19-21(16,17)18;1-5(2,3)4/h3,6-8,13H,2,4H2,1H3,(H,11,14,15)(H2,16,17,18);(H3,1,2,3,4)/t6-,7+,8+;/m0./s1. The molecule has 7 N–H and O–H groups in total. The first kappa shape index (κ1) is 22.9. The summed E-state index contributed by atoms with van der Waals surface area (Å²) < 4.78 is 30.2. The number of aromatic amines is 1. The maximum Gasteiger partial charge on any atom is 0.469 e. The van der Waals surface area contributed by atoms with Crippen LogP contribution in [0, 0.1) is 6.92 Å². The van der Waals surface area contributed by atoms with Crippen LogP contribution in [0.1, 0.15) is 18.2 Å². The van der Waals surface area contributed by atoms with Gasteiger partial charge in [0.15, 0.2) is 0 Å². The molecule has 2 heterocycles. The fourth-order valence-electron chi connectivity index (χ4n) is 2.01. The van der Waals surface area contributed by atoms with E-state index in [1.54, 1.807) is 0 Å². The molecule has 1 saturated heterocycles. The van der Waals surface area contributed by atoms with E-state index in [0.29, 0.717) is 5.56 Å². The number of phosphoric ester groups is 1. The summed E-state index contributed by atoms with van der Waals surface area (Å²) in [6, 6.07) is 0. The van der Waals surface area contributed by atoms with Gasteiger partial charge in [0.1, 0.15) is 12.3 Å². The van der Waals surface area contributed by atoms with E-state index in [1.165, 1.54) is 13.1 Å². The average molecular weight is 420 g/mol. The number of hydrogen-bond acceptors (Lipinski definition) is 7. The highest BCUT2D eigenvalue weighted by Crippen LogP contribution is 2.38. The summed E-state index contributed by atoms with van der Waals surface area (Å²) in [5.74, 6) is 0. The third-order valence-corrected chi connectivity index (χ3v) is 3.55. The third kappa shape index (κ3) is 8.01. The van der Waals surface area contributed by atoms with Crippen LogP contribution >= 0.6 is 15.6 Å². The average Bonchev–Trinajstić information content (AvgIpc) is 2.79. The molecule has 0 saturated carbocycles. The van der Waals surface area contributed by atoms with Crippen LogP contribution in [0.3, 0.4) is 0 Å². The first-order valence-electron chi connectivity index (χ1n) is 6.81. The first-order valence-corrected chi connectivity index (χ1v) is 9.91. The Balaban J connectivity index is 0.000000597. The molecule has 0 radical (unpaired) electrons. The molecule has 0 aliphatic carbocycles. The van der Waals surface area contributed by atoms with E-state index in [0.717, 1.165) is 4.57 Å². The number of nitrogens with zero attached hydrogens (tertiary/aromatic N) is 1. The van der Waals surface area contributed by atoms with Crippen molar-refractivity contribution in [3.63, 3.8) is 0 Å². The number of rotatable bonds is 4. The van der Waals surface area contributed by atoms with Crippen molar-refractivity contribution in [1.82, 2.24) is 9.55 Å². The molecule has 16 heteroatoms. The Morgan fingerprint density at radius 2 is 1.81 bits per heavy atom. The molecule has 0 spiro atoms. The summed E-state index contributed by atoms with van der Waals surface area (Å²) in [6.07, 6.45) is -1.57. The molecule has 0 amide bonds. The first-order chi connectivity index (χ1) is 11.7. The summed E-state index contributed by atoms with van der Waals surface area (Å²) in [4.78, 5) is 63.9. The van der Waals surface area contributed by atoms with Crippen molar-refractivity contribution in [3.05, 3.63) is 32.6 Å². The molecule has 1 aromatic heterocycles. The van der Waals surface area contributed by atoms with Gasteiger partial charge < -0.3 is 34.3 Å². The normalized spacial score (nSPS) is 23.4. The van der Waals surface area contributed by atoms with Crippen LogP contribution in [0.15, 0.2) is 15.8 Å². The predicted octanol–water partition coefficient (Wildman–Crippen LogP) is -2.33. The van der Waals surface area contributed by atoms with Crippen molar-refractivity contribution in [3.8, 4) is 0 Å². The molecular weight excluding hydrogens is 402 g/mol. The van der Waals surface area contributed by atoms with Gasteiger partial charge in [0.25, 0.3) is 5.56 Å². The fraction of sp³-hybridized carbons (Fsp3) is 0.600. The molecular formula is C10H18N2O12P2. The van der Waals surface area contributed by atoms with E-state index in [4.69, 9.17) is 33.8 Å². The van der Waals surface area contributed by atoms with Crippen molar-refractivity contribution >= 4 is 15.6 Å². The molecule has 1 aliphatic heterocycles. The molecule has 1 aromatic rings. The smallest absolute Gasteiger partial charge is 0.390 e. The van der Waals surface area contributed by atoms with Gasteiger partial charge in [-0.2, -0.15) is 0 Å². The zero-order chi connectivity index (χ0) is 20.3. The number of hydrogen-bond donors (Lipinski definition) is 7. The van der Waals surface area contributed by atoms with E-state index in [-0.39, 0.29) is 6.42 Å². The van der Waals surface area contributed by atoms with Crippen LogP contribution in [-0.4, -0.2) is 57.9 Å². The molecule has 26 heavy (non-hydrogen) atoms. The van der Waals surface area contributed by atoms with Crippen LogP contribution in [-0.2, 0) is 18.4 Å². The zero-order valence-electron chi connectivity index (χ0n) is 13.2. The fourth-order valence-corrected chi connectivity index (χ4v) is 2.35. The summed E-state index contributed by atoms with van der Waals surface area (Å²) in [7, 11) is -9.31. The summed E-state index contributed by atoms with van der Waals surface area (Å²) in [5, 5.41) is 9.79. The second kappa shape index (κ2) is 8.67. The molecule has 0 aromatic carbocycles. The Labute approximate surface area is 145 Å². The SMILES string of the molecule is Cc1cn([C@H]2C[C@H](O)[C@@H](COP(=O)(O)O)O2)c(=O)[nH]c1=O.O=P(O)(O)O. The second-order valence-electron chi connectivity index (χ2n) is 5.21. The Morgan fingerprint density at radius 3 is 2.31 bits per heavy atom. The van der Waals surface area contributed by atoms with Gasteiger partial charge in [0, 0.05) is 18.2 Å². The number of aromatic nitrogens is 2. The topological polar surface area (TPSA) is 229 Å². The molecule has 14 nitrogen and oxygen atoms in total. The van der Waals surface area contributed by atoms with E-state index in [1.807, 2.05) is 0 Å². The number of ether oxygens (including phenoxy) is 1. The molecule has 0 unspecified atom stereocenters. The molecule has 3 atom stereocenters. The van der Waals surface area contributed by atoms with Crippen LogP contribution in [0.2, 0.25) is 0 Å². The summed E-state index contributed by atoms with van der Waals surface area (Å²) in [6.45, 7) is 0.994. The highest BCUT2D eigenvalue weighted by Gasteiger charge is 2.37. The largest absolute Gasteiger partial charge is 0.469 e. The van der Waals surface area contributed by atoms with Gasteiger partial charge in [0.2, 0.25) is 0 Å². The Hall–Kier alpha value is -1.18. The van der Waals surface area contributed by atoms with Gasteiger partial charge in [0.05, 0.1) is 12.7 Å². The maximum absolute atomic E-state index is 11.7. The van der Waals surface area contributed by atoms with Gasteiger partial charge in [-0.3, -0.25) is 18.9 Å². The van der Waals surface area contributed by atoms with Gasteiger partial charge in [-0.15, -0.1) is 0 Å². The lowest BCUT2D eigenvalue weighted by molar-refractivity contribution is -0.0451. The third-order valence-electron chi connectivity index (χ3n) is 3.07. The van der Waals surface area contributed by atoms with Crippen molar-refractivity contribution < 1.29 is 48.0 Å². The molecule has 2 rings (SSSR count). The van der Waals surface area contributed by atoms with Crippen LogP contribution in [0.25, 0.3) is 0 Å². The number of nitrogens with one attached hydrogen (secondary N) is 1. The van der Waals surface area contributed by atoms with Crippen LogP contribution < -0.4 is 11.2 Å². The van der Waals surface area contributed by atoms with Crippen LogP contribution in [0.4, 0.5) is 0 Å². The van der Waals surface area contributed by atoms with Gasteiger partial charge >= 0.3 is 21.3 Å². The molecule has 1 aliphatic rings. The van der Waals surface area contributed by atoms with E-state index < -0.39 is 51.9 Å². The highest BCUT2D eigenvalue weighted by atomic mass is 31.2. The van der Waals surface area contributed by atoms with E-state index >= 15 is 0 Å². The maximum atomic E-state index is 11.7. The Kier molecular flexibility index (Phi) is 7.62. The van der Waals surface area contributed by atoms with Crippen molar-refractivity contribution in [2.45, 2.75) is 31.8 Å². The lowest BCUT2D eigenvalue weighted by atomic mass is 10.2. The number of aryl methyl sites for hydroxylation is 1. The van der Waals surface area contributed by atoms with E-state index in [9.17, 15) is 19.3 Å². The van der Waals surface area contributed by atoms with Gasteiger partial charge in [-0.25, -0.2) is 13.9 Å². The minimum Gasteiger partial charge on any atom is -0.390 e. The van der Waals surface area contributed by atoms with Gasteiger partial charge in [-0.05, 0) is 6.92 Å².